The van der Waals surface area contributed by atoms with E-state index in [1.54, 1.807) is 6.92 Å². The lowest BCUT2D eigenvalue weighted by Gasteiger charge is -2.11. The number of aliphatic hydroxyl groups is 1. The summed E-state index contributed by atoms with van der Waals surface area (Å²) in [6.07, 6.45) is 1.74. The molecule has 1 atom stereocenters. The van der Waals surface area contributed by atoms with Gasteiger partial charge < -0.3 is 9.84 Å². The topological polar surface area (TPSA) is 46.5 Å². The Morgan fingerprint density at radius 2 is 2.29 bits per heavy atom. The maximum atomic E-state index is 11.3. The monoisotopic (exact) mass is 234 g/mol. The number of carbonyl (C=O) groups is 1. The number of aliphatic hydroxyl groups excluding tert-OH is 1. The average Bonchev–Trinajstić information content (AvgIpc) is 3.13. The zero-order valence-corrected chi connectivity index (χ0v) is 10.1. The lowest BCUT2D eigenvalue weighted by atomic mass is 10.0. The molecular weight excluding hydrogens is 216 g/mol. The lowest BCUT2D eigenvalue weighted by molar-refractivity contribution is -0.145. The molecule has 0 saturated heterocycles. The van der Waals surface area contributed by atoms with Gasteiger partial charge in [0.15, 0.2) is 0 Å². The predicted molar refractivity (Wildman–Crippen MR) is 64.6 cm³/mol. The van der Waals surface area contributed by atoms with E-state index in [9.17, 15) is 9.90 Å². The van der Waals surface area contributed by atoms with Crippen molar-refractivity contribution in [3.8, 4) is 0 Å². The van der Waals surface area contributed by atoms with Gasteiger partial charge in [-0.3, -0.25) is 4.79 Å². The summed E-state index contributed by atoms with van der Waals surface area (Å²) in [7, 11) is 0. The van der Waals surface area contributed by atoms with Gasteiger partial charge in [0.2, 0.25) is 0 Å². The van der Waals surface area contributed by atoms with Gasteiger partial charge in [-0.15, -0.1) is 0 Å². The molecule has 3 heteroatoms. The standard InChI is InChI=1S/C14H18O3/c1-2-17-14(16)9-13(15)12-5-3-4-11(8-12)10-6-7-10/h3-5,8,10,13,15H,2,6-7,9H2,1H3. The second-order valence-corrected chi connectivity index (χ2v) is 4.47. The van der Waals surface area contributed by atoms with Crippen molar-refractivity contribution in [3.05, 3.63) is 35.4 Å². The summed E-state index contributed by atoms with van der Waals surface area (Å²) >= 11 is 0. The molecule has 17 heavy (non-hydrogen) atoms. The molecule has 0 spiro atoms. The molecule has 1 aromatic carbocycles. The maximum Gasteiger partial charge on any atom is 0.308 e. The molecule has 92 valence electrons. The minimum atomic E-state index is -0.757. The summed E-state index contributed by atoms with van der Waals surface area (Å²) in [5.41, 5.74) is 2.08. The van der Waals surface area contributed by atoms with Gasteiger partial charge in [-0.05, 0) is 36.8 Å². The summed E-state index contributed by atoms with van der Waals surface area (Å²) in [5, 5.41) is 9.94. The zero-order chi connectivity index (χ0) is 12.3. The number of hydrogen-bond acceptors (Lipinski definition) is 3. The molecule has 1 unspecified atom stereocenters. The van der Waals surface area contributed by atoms with Gasteiger partial charge in [0.05, 0.1) is 19.1 Å². The second kappa shape index (κ2) is 5.32. The third-order valence-corrected chi connectivity index (χ3v) is 3.01. The van der Waals surface area contributed by atoms with Gasteiger partial charge in [0, 0.05) is 0 Å². The number of ether oxygens (including phenoxy) is 1. The minimum absolute atomic E-state index is 0.0297. The van der Waals surface area contributed by atoms with Crippen LogP contribution in [0.3, 0.4) is 0 Å². The van der Waals surface area contributed by atoms with E-state index < -0.39 is 6.10 Å². The van der Waals surface area contributed by atoms with E-state index >= 15 is 0 Å². The first-order valence-corrected chi connectivity index (χ1v) is 6.14. The maximum absolute atomic E-state index is 11.3. The highest BCUT2D eigenvalue weighted by Crippen LogP contribution is 2.40. The zero-order valence-electron chi connectivity index (χ0n) is 10.1. The Hall–Kier alpha value is -1.35. The second-order valence-electron chi connectivity index (χ2n) is 4.47. The Labute approximate surface area is 101 Å². The van der Waals surface area contributed by atoms with Crippen LogP contribution in [0.5, 0.6) is 0 Å². The van der Waals surface area contributed by atoms with E-state index in [0.29, 0.717) is 12.5 Å². The van der Waals surface area contributed by atoms with Crippen LogP contribution in [0.1, 0.15) is 49.3 Å². The summed E-state index contributed by atoms with van der Waals surface area (Å²) in [6, 6.07) is 7.88. The van der Waals surface area contributed by atoms with E-state index in [-0.39, 0.29) is 12.4 Å². The Bertz CT molecular complexity index is 396. The van der Waals surface area contributed by atoms with Crippen molar-refractivity contribution in [3.63, 3.8) is 0 Å². The van der Waals surface area contributed by atoms with Gasteiger partial charge in [-0.1, -0.05) is 24.3 Å². The Morgan fingerprint density at radius 1 is 1.53 bits per heavy atom. The minimum Gasteiger partial charge on any atom is -0.466 e. The van der Waals surface area contributed by atoms with Crippen LogP contribution in [0, 0.1) is 0 Å². The summed E-state index contributed by atoms with van der Waals surface area (Å²) in [5.74, 6) is 0.307. The smallest absolute Gasteiger partial charge is 0.308 e. The van der Waals surface area contributed by atoms with Crippen molar-refractivity contribution >= 4 is 5.97 Å². The average molecular weight is 234 g/mol. The molecule has 0 radical (unpaired) electrons. The fraction of sp³-hybridized carbons (Fsp3) is 0.500. The number of hydrogen-bond donors (Lipinski definition) is 1. The van der Waals surface area contributed by atoms with Crippen LogP contribution in [-0.4, -0.2) is 17.7 Å². The van der Waals surface area contributed by atoms with Gasteiger partial charge in [0.25, 0.3) is 0 Å². The van der Waals surface area contributed by atoms with Crippen molar-refractivity contribution in [2.45, 2.75) is 38.2 Å². The van der Waals surface area contributed by atoms with Crippen LogP contribution in [-0.2, 0) is 9.53 Å². The van der Waals surface area contributed by atoms with Crippen molar-refractivity contribution in [1.82, 2.24) is 0 Å². The van der Waals surface area contributed by atoms with Crippen molar-refractivity contribution in [2.24, 2.45) is 0 Å². The predicted octanol–water partition coefficient (Wildman–Crippen LogP) is 2.55. The molecule has 1 N–H and O–H groups in total. The number of rotatable bonds is 5. The molecule has 0 heterocycles. The van der Waals surface area contributed by atoms with Gasteiger partial charge in [0.1, 0.15) is 0 Å². The normalized spacial score (nSPS) is 16.6. The molecule has 0 aromatic heterocycles. The highest BCUT2D eigenvalue weighted by atomic mass is 16.5. The molecule has 1 saturated carbocycles. The van der Waals surface area contributed by atoms with Crippen LogP contribution >= 0.6 is 0 Å². The van der Waals surface area contributed by atoms with E-state index in [1.165, 1.54) is 18.4 Å². The summed E-state index contributed by atoms with van der Waals surface area (Å²) in [6.45, 7) is 2.12. The van der Waals surface area contributed by atoms with Crippen molar-refractivity contribution in [2.75, 3.05) is 6.61 Å². The molecule has 3 nitrogen and oxygen atoms in total. The summed E-state index contributed by atoms with van der Waals surface area (Å²) < 4.78 is 4.83. The number of benzene rings is 1. The molecule has 2 rings (SSSR count). The van der Waals surface area contributed by atoms with E-state index in [1.807, 2.05) is 18.2 Å². The molecule has 0 bridgehead atoms. The lowest BCUT2D eigenvalue weighted by Crippen LogP contribution is -2.10. The van der Waals surface area contributed by atoms with Crippen LogP contribution in [0.4, 0.5) is 0 Å². The molecule has 0 amide bonds. The molecule has 1 aliphatic carbocycles. The Kier molecular flexibility index (Phi) is 3.79. The quantitative estimate of drug-likeness (QED) is 0.796. The third kappa shape index (κ3) is 3.30. The number of esters is 1. The van der Waals surface area contributed by atoms with Crippen molar-refractivity contribution in [1.29, 1.82) is 0 Å². The van der Waals surface area contributed by atoms with Gasteiger partial charge in [-0.2, -0.15) is 0 Å². The van der Waals surface area contributed by atoms with Crippen LogP contribution in [0.15, 0.2) is 24.3 Å². The SMILES string of the molecule is CCOC(=O)CC(O)c1cccc(C2CC2)c1. The third-order valence-electron chi connectivity index (χ3n) is 3.01. The van der Waals surface area contributed by atoms with E-state index in [0.717, 1.165) is 5.56 Å². The van der Waals surface area contributed by atoms with Crippen molar-refractivity contribution < 1.29 is 14.6 Å². The first kappa shape index (κ1) is 12.1. The largest absolute Gasteiger partial charge is 0.466 e. The van der Waals surface area contributed by atoms with Gasteiger partial charge in [-0.25, -0.2) is 0 Å². The first-order chi connectivity index (χ1) is 8.20. The fourth-order valence-corrected chi connectivity index (χ4v) is 1.93. The highest BCUT2D eigenvalue weighted by Gasteiger charge is 2.24. The van der Waals surface area contributed by atoms with Crippen LogP contribution < -0.4 is 0 Å². The number of carbonyl (C=O) groups excluding carboxylic acids is 1. The first-order valence-electron chi connectivity index (χ1n) is 6.14. The molecule has 1 fully saturated rings. The molecule has 1 aliphatic rings. The highest BCUT2D eigenvalue weighted by molar-refractivity contribution is 5.70. The molecule has 1 aromatic rings. The van der Waals surface area contributed by atoms with E-state index in [2.05, 4.69) is 6.07 Å². The van der Waals surface area contributed by atoms with E-state index in [4.69, 9.17) is 4.74 Å². The Morgan fingerprint density at radius 3 is 2.94 bits per heavy atom. The fourth-order valence-electron chi connectivity index (χ4n) is 1.93. The molecular formula is C14H18O3. The Balaban J connectivity index is 2.00. The molecule has 0 aliphatic heterocycles. The summed E-state index contributed by atoms with van der Waals surface area (Å²) in [4.78, 5) is 11.3. The van der Waals surface area contributed by atoms with Crippen LogP contribution in [0.2, 0.25) is 0 Å². The van der Waals surface area contributed by atoms with Crippen LogP contribution in [0.25, 0.3) is 0 Å². The van der Waals surface area contributed by atoms with Gasteiger partial charge >= 0.3 is 5.97 Å².